The van der Waals surface area contributed by atoms with Gasteiger partial charge in [-0.25, -0.2) is 28.4 Å². The molecule has 34 heavy (non-hydrogen) atoms. The van der Waals surface area contributed by atoms with Crippen LogP contribution in [0.3, 0.4) is 0 Å². The van der Waals surface area contributed by atoms with Crippen LogP contribution >= 0.6 is 0 Å². The Morgan fingerprint density at radius 1 is 1.21 bits per heavy atom. The smallest absolute Gasteiger partial charge is 0.370 e. The molecule has 0 spiro atoms. The molecule has 2 aliphatic rings. The van der Waals surface area contributed by atoms with E-state index in [2.05, 4.69) is 30.7 Å². The summed E-state index contributed by atoms with van der Waals surface area (Å²) in [6, 6.07) is 1.12. The van der Waals surface area contributed by atoms with E-state index >= 15 is 0 Å². The van der Waals surface area contributed by atoms with Gasteiger partial charge in [-0.15, -0.1) is 0 Å². The van der Waals surface area contributed by atoms with Crippen LogP contribution in [0.25, 0.3) is 22.6 Å². The van der Waals surface area contributed by atoms with Gasteiger partial charge in [0, 0.05) is 36.9 Å². The van der Waals surface area contributed by atoms with Gasteiger partial charge >= 0.3 is 6.18 Å². The first-order valence-corrected chi connectivity index (χ1v) is 10.6. The fraction of sp³-hybridized carbons (Fsp3) is 0.476. The molecule has 180 valence electrons. The molecular formula is C21H20F5N7O. The second kappa shape index (κ2) is 7.31. The minimum atomic E-state index is -5.06. The second-order valence-electron chi connectivity index (χ2n) is 9.12. The number of hydrogen-bond acceptors (Lipinski definition) is 6. The van der Waals surface area contributed by atoms with Crippen molar-refractivity contribution in [1.29, 1.82) is 0 Å². The SMILES string of the molecule is CC(F)(CCn1nc(-c2nc3c4c(n2)NC(=O)C[C@@]4(C)CCN3)c2cc(F)cnc21)C(F)(F)F. The number of nitrogens with one attached hydrogen (secondary N) is 2. The average molecular weight is 481 g/mol. The van der Waals surface area contributed by atoms with Gasteiger partial charge in [0.15, 0.2) is 11.5 Å². The Bertz CT molecular complexity index is 1320. The van der Waals surface area contributed by atoms with Crippen molar-refractivity contribution in [3.05, 3.63) is 23.6 Å². The van der Waals surface area contributed by atoms with E-state index in [1.807, 2.05) is 6.92 Å². The summed E-state index contributed by atoms with van der Waals surface area (Å²) in [5.41, 5.74) is -3.02. The van der Waals surface area contributed by atoms with Crippen molar-refractivity contribution in [1.82, 2.24) is 24.7 Å². The number of aromatic nitrogens is 5. The van der Waals surface area contributed by atoms with Crippen LogP contribution in [0, 0.1) is 5.82 Å². The number of fused-ring (bicyclic) bond motifs is 1. The molecule has 5 heterocycles. The van der Waals surface area contributed by atoms with Crippen LogP contribution < -0.4 is 10.6 Å². The predicted octanol–water partition coefficient (Wildman–Crippen LogP) is 4.12. The highest BCUT2D eigenvalue weighted by Gasteiger charge is 2.51. The van der Waals surface area contributed by atoms with Crippen LogP contribution in [0.4, 0.5) is 33.6 Å². The molecule has 5 rings (SSSR count). The summed E-state index contributed by atoms with van der Waals surface area (Å²) in [6.45, 7) is 2.52. The highest BCUT2D eigenvalue weighted by Crippen LogP contribution is 2.46. The zero-order chi connectivity index (χ0) is 24.5. The topological polar surface area (TPSA) is 97.6 Å². The molecular weight excluding hydrogens is 461 g/mol. The first-order valence-electron chi connectivity index (χ1n) is 10.6. The molecule has 2 N–H and O–H groups in total. The molecule has 3 aromatic rings. The van der Waals surface area contributed by atoms with Gasteiger partial charge in [-0.2, -0.15) is 18.3 Å². The van der Waals surface area contributed by atoms with E-state index < -0.39 is 36.0 Å². The third kappa shape index (κ3) is 3.53. The third-order valence-electron chi connectivity index (χ3n) is 6.44. The van der Waals surface area contributed by atoms with E-state index in [0.717, 1.165) is 22.5 Å². The molecule has 3 aromatic heterocycles. The van der Waals surface area contributed by atoms with Gasteiger partial charge in [0.05, 0.1) is 11.6 Å². The average Bonchev–Trinajstić information content (AvgIpc) is 3.08. The molecule has 1 amide bonds. The number of rotatable bonds is 4. The molecule has 0 fully saturated rings. The normalized spacial score (nSPS) is 21.6. The maximum Gasteiger partial charge on any atom is 0.422 e. The summed E-state index contributed by atoms with van der Waals surface area (Å²) < 4.78 is 68.2. The lowest BCUT2D eigenvalue weighted by Gasteiger charge is -2.39. The molecule has 0 aromatic carbocycles. The Morgan fingerprint density at radius 3 is 2.68 bits per heavy atom. The standard InChI is InChI=1S/C21H20F5N7O/c1-19-3-5-27-15-13(19)16(29-12(34)8-19)31-17(30-15)14-11-7-10(22)9-28-18(11)33(32-14)6-4-20(2,23)21(24,25)26/h7,9H,3-6,8H2,1-2H3,(H2,27,29,30,31,34)/t19-,20?/m1/s1. The summed E-state index contributed by atoms with van der Waals surface area (Å²) in [6.07, 6.45) is -4.09. The van der Waals surface area contributed by atoms with Crippen molar-refractivity contribution >= 4 is 28.6 Å². The Kier molecular flexibility index (Phi) is 4.82. The zero-order valence-corrected chi connectivity index (χ0v) is 18.2. The lowest BCUT2D eigenvalue weighted by atomic mass is 9.73. The van der Waals surface area contributed by atoms with E-state index in [1.54, 1.807) is 0 Å². The molecule has 0 aliphatic carbocycles. The highest BCUT2D eigenvalue weighted by atomic mass is 19.4. The van der Waals surface area contributed by atoms with E-state index in [9.17, 15) is 26.7 Å². The highest BCUT2D eigenvalue weighted by molar-refractivity contribution is 5.97. The minimum absolute atomic E-state index is 0.0303. The molecule has 2 atom stereocenters. The van der Waals surface area contributed by atoms with Gasteiger partial charge in [-0.05, 0) is 19.4 Å². The number of aryl methyl sites for hydroxylation is 1. The fourth-order valence-corrected chi connectivity index (χ4v) is 4.46. The lowest BCUT2D eigenvalue weighted by Crippen LogP contribution is -2.41. The van der Waals surface area contributed by atoms with Crippen molar-refractivity contribution in [2.24, 2.45) is 0 Å². The lowest BCUT2D eigenvalue weighted by molar-refractivity contribution is -0.226. The summed E-state index contributed by atoms with van der Waals surface area (Å²) >= 11 is 0. The number of anilines is 2. The predicted molar refractivity (Wildman–Crippen MR) is 112 cm³/mol. The van der Waals surface area contributed by atoms with Gasteiger partial charge in [-0.3, -0.25) is 4.79 Å². The number of carbonyl (C=O) groups excluding carboxylic acids is 1. The quantitative estimate of drug-likeness (QED) is 0.544. The van der Waals surface area contributed by atoms with Crippen LogP contribution in [0.2, 0.25) is 0 Å². The molecule has 8 nitrogen and oxygen atoms in total. The zero-order valence-electron chi connectivity index (χ0n) is 18.2. The van der Waals surface area contributed by atoms with Crippen LogP contribution in [0.15, 0.2) is 12.3 Å². The maximum absolute atomic E-state index is 14.2. The number of halogens is 5. The van der Waals surface area contributed by atoms with Crippen molar-refractivity contribution in [3.63, 3.8) is 0 Å². The first kappa shape index (κ1) is 22.4. The van der Waals surface area contributed by atoms with Crippen LogP contribution in [0.5, 0.6) is 0 Å². The van der Waals surface area contributed by atoms with Gasteiger partial charge in [-0.1, -0.05) is 6.92 Å². The van der Waals surface area contributed by atoms with Crippen molar-refractivity contribution < 1.29 is 26.7 Å². The minimum Gasteiger partial charge on any atom is -0.370 e. The summed E-state index contributed by atoms with van der Waals surface area (Å²) in [5, 5.41) is 10.3. The second-order valence-corrected chi connectivity index (χ2v) is 9.12. The molecule has 0 bridgehead atoms. The Morgan fingerprint density at radius 2 is 1.94 bits per heavy atom. The molecule has 13 heteroatoms. The summed E-state index contributed by atoms with van der Waals surface area (Å²) in [5.74, 6) is -0.0782. The maximum atomic E-state index is 14.2. The first-order chi connectivity index (χ1) is 15.9. The third-order valence-corrected chi connectivity index (χ3v) is 6.44. The summed E-state index contributed by atoms with van der Waals surface area (Å²) in [4.78, 5) is 25.2. The monoisotopic (exact) mass is 481 g/mol. The molecule has 0 saturated heterocycles. The van der Waals surface area contributed by atoms with Crippen LogP contribution in [0.1, 0.15) is 38.7 Å². The number of alkyl halides is 4. The van der Waals surface area contributed by atoms with Gasteiger partial charge in [0.1, 0.15) is 23.1 Å². The number of nitrogens with zero attached hydrogens (tertiary/aromatic N) is 5. The molecule has 0 radical (unpaired) electrons. The van der Waals surface area contributed by atoms with Crippen LogP contribution in [-0.4, -0.2) is 49.0 Å². The molecule has 0 saturated carbocycles. The Balaban J connectivity index is 1.62. The van der Waals surface area contributed by atoms with Crippen LogP contribution in [-0.2, 0) is 16.8 Å². The Labute approximate surface area is 190 Å². The van der Waals surface area contributed by atoms with Crippen molar-refractivity contribution in [2.75, 3.05) is 17.2 Å². The fourth-order valence-electron chi connectivity index (χ4n) is 4.46. The van der Waals surface area contributed by atoms with Gasteiger partial charge in [0.25, 0.3) is 0 Å². The van der Waals surface area contributed by atoms with Gasteiger partial charge < -0.3 is 10.6 Å². The summed E-state index contributed by atoms with van der Waals surface area (Å²) in [7, 11) is 0. The number of hydrogen-bond donors (Lipinski definition) is 2. The number of amides is 1. The largest absolute Gasteiger partial charge is 0.422 e. The number of carbonyl (C=O) groups is 1. The number of pyridine rings is 1. The van der Waals surface area contributed by atoms with Crippen molar-refractivity contribution in [3.8, 4) is 11.5 Å². The Hall–Kier alpha value is -3.38. The van der Waals surface area contributed by atoms with Gasteiger partial charge in [0.2, 0.25) is 11.6 Å². The van der Waals surface area contributed by atoms with E-state index in [4.69, 9.17) is 0 Å². The molecule has 2 aliphatic heterocycles. The van der Waals surface area contributed by atoms with E-state index in [1.165, 1.54) is 0 Å². The van der Waals surface area contributed by atoms with Crippen molar-refractivity contribution in [2.45, 2.75) is 56.9 Å². The molecule has 1 unspecified atom stereocenters. The van der Waals surface area contributed by atoms with E-state index in [-0.39, 0.29) is 34.9 Å². The van der Waals surface area contributed by atoms with E-state index in [0.29, 0.717) is 31.5 Å².